The summed E-state index contributed by atoms with van der Waals surface area (Å²) in [7, 11) is 0. The molecular weight excluding hydrogens is 158 g/mol. The van der Waals surface area contributed by atoms with Crippen molar-refractivity contribution in [2.24, 2.45) is 17.8 Å². The molecule has 2 aliphatic carbocycles. The van der Waals surface area contributed by atoms with E-state index in [4.69, 9.17) is 0 Å². The van der Waals surface area contributed by atoms with Crippen LogP contribution < -0.4 is 5.32 Å². The molecule has 3 atom stereocenters. The van der Waals surface area contributed by atoms with Gasteiger partial charge in [-0.05, 0) is 43.6 Å². The van der Waals surface area contributed by atoms with Crippen LogP contribution in [0.15, 0.2) is 0 Å². The summed E-state index contributed by atoms with van der Waals surface area (Å²) in [6, 6.07) is 0.823. The Labute approximate surface area is 82.3 Å². The Kier molecular flexibility index (Phi) is 2.92. The lowest BCUT2D eigenvalue weighted by atomic mass is 9.78. The molecule has 1 N–H and O–H groups in total. The molecule has 0 aromatic rings. The molecule has 0 amide bonds. The molecule has 0 heterocycles. The van der Waals surface area contributed by atoms with Crippen LogP contribution in [0.3, 0.4) is 0 Å². The predicted molar refractivity (Wildman–Crippen MR) is 56.7 cm³/mol. The van der Waals surface area contributed by atoms with Crippen LogP contribution in [0.5, 0.6) is 0 Å². The largest absolute Gasteiger partial charge is 0.313 e. The van der Waals surface area contributed by atoms with Crippen molar-refractivity contribution in [2.75, 3.05) is 6.54 Å². The average Bonchev–Trinajstić information content (AvgIpc) is 2.91. The predicted octanol–water partition coefficient (Wildman–Crippen LogP) is 2.81. The summed E-state index contributed by atoms with van der Waals surface area (Å²) in [5.74, 6) is 2.86. The molecule has 76 valence electrons. The molecule has 0 aromatic carbocycles. The maximum absolute atomic E-state index is 3.76. The standard InChI is InChI=1S/C12H23N/c1-9-4-3-5-12(10(9)2)13-8-11-6-7-11/h9-13H,3-8H2,1-2H3/t9-,10+,12+/m0/s1. The Morgan fingerprint density at radius 1 is 1.08 bits per heavy atom. The number of rotatable bonds is 3. The second kappa shape index (κ2) is 4.00. The van der Waals surface area contributed by atoms with E-state index in [0.29, 0.717) is 0 Å². The maximum Gasteiger partial charge on any atom is 0.00953 e. The highest BCUT2D eigenvalue weighted by molar-refractivity contribution is 4.84. The molecule has 0 spiro atoms. The Morgan fingerprint density at radius 3 is 2.54 bits per heavy atom. The van der Waals surface area contributed by atoms with Gasteiger partial charge in [-0.25, -0.2) is 0 Å². The van der Waals surface area contributed by atoms with Crippen LogP contribution in [0.1, 0.15) is 46.0 Å². The molecule has 2 saturated carbocycles. The fraction of sp³-hybridized carbons (Fsp3) is 1.00. The first-order chi connectivity index (χ1) is 6.27. The molecule has 13 heavy (non-hydrogen) atoms. The van der Waals surface area contributed by atoms with Gasteiger partial charge in [0.15, 0.2) is 0 Å². The van der Waals surface area contributed by atoms with Gasteiger partial charge in [-0.1, -0.05) is 26.7 Å². The first-order valence-electron chi connectivity index (χ1n) is 6.00. The van der Waals surface area contributed by atoms with Gasteiger partial charge in [0.2, 0.25) is 0 Å². The van der Waals surface area contributed by atoms with Gasteiger partial charge in [0.05, 0.1) is 0 Å². The van der Waals surface area contributed by atoms with Crippen LogP contribution in [0, 0.1) is 17.8 Å². The molecule has 1 nitrogen and oxygen atoms in total. The highest BCUT2D eigenvalue weighted by Gasteiger charge is 2.28. The number of nitrogens with one attached hydrogen (secondary N) is 1. The van der Waals surface area contributed by atoms with Crippen LogP contribution in [-0.2, 0) is 0 Å². The second-order valence-corrected chi connectivity index (χ2v) is 5.23. The van der Waals surface area contributed by atoms with E-state index in [1.165, 1.54) is 38.6 Å². The van der Waals surface area contributed by atoms with Crippen molar-refractivity contribution in [2.45, 2.75) is 52.0 Å². The lowest BCUT2D eigenvalue weighted by Gasteiger charge is -2.34. The van der Waals surface area contributed by atoms with Crippen LogP contribution in [0.25, 0.3) is 0 Å². The van der Waals surface area contributed by atoms with Crippen LogP contribution >= 0.6 is 0 Å². The minimum atomic E-state index is 0.823. The van der Waals surface area contributed by atoms with Crippen molar-refractivity contribution in [3.05, 3.63) is 0 Å². The monoisotopic (exact) mass is 181 g/mol. The third kappa shape index (κ3) is 2.46. The lowest BCUT2D eigenvalue weighted by Crippen LogP contribution is -2.41. The Morgan fingerprint density at radius 2 is 1.85 bits per heavy atom. The summed E-state index contributed by atoms with van der Waals surface area (Å²) in [4.78, 5) is 0. The van der Waals surface area contributed by atoms with Crippen molar-refractivity contribution >= 4 is 0 Å². The molecule has 0 unspecified atom stereocenters. The van der Waals surface area contributed by atoms with Gasteiger partial charge in [0, 0.05) is 6.04 Å². The normalized spacial score (nSPS) is 40.6. The first kappa shape index (κ1) is 9.51. The summed E-state index contributed by atoms with van der Waals surface area (Å²) >= 11 is 0. The zero-order valence-electron chi connectivity index (χ0n) is 9.05. The van der Waals surface area contributed by atoms with E-state index in [1.54, 1.807) is 0 Å². The first-order valence-corrected chi connectivity index (χ1v) is 6.00. The van der Waals surface area contributed by atoms with E-state index < -0.39 is 0 Å². The third-order valence-corrected chi connectivity index (χ3v) is 4.07. The average molecular weight is 181 g/mol. The summed E-state index contributed by atoms with van der Waals surface area (Å²) in [5.41, 5.74) is 0. The van der Waals surface area contributed by atoms with Gasteiger partial charge < -0.3 is 5.32 Å². The van der Waals surface area contributed by atoms with Crippen molar-refractivity contribution in [1.29, 1.82) is 0 Å². The van der Waals surface area contributed by atoms with Crippen molar-refractivity contribution in [3.63, 3.8) is 0 Å². The van der Waals surface area contributed by atoms with Gasteiger partial charge in [-0.2, -0.15) is 0 Å². The zero-order chi connectivity index (χ0) is 9.26. The van der Waals surface area contributed by atoms with E-state index in [0.717, 1.165) is 23.8 Å². The van der Waals surface area contributed by atoms with Gasteiger partial charge in [-0.15, -0.1) is 0 Å². The minimum Gasteiger partial charge on any atom is -0.313 e. The quantitative estimate of drug-likeness (QED) is 0.706. The molecular formula is C12H23N. The summed E-state index contributed by atoms with van der Waals surface area (Å²) < 4.78 is 0. The van der Waals surface area contributed by atoms with E-state index in [1.807, 2.05) is 0 Å². The molecule has 0 aromatic heterocycles. The molecule has 2 fully saturated rings. The maximum atomic E-state index is 3.76. The van der Waals surface area contributed by atoms with Crippen LogP contribution in [0.2, 0.25) is 0 Å². The molecule has 0 radical (unpaired) electrons. The van der Waals surface area contributed by atoms with Crippen LogP contribution in [0.4, 0.5) is 0 Å². The highest BCUT2D eigenvalue weighted by Crippen LogP contribution is 2.32. The topological polar surface area (TPSA) is 12.0 Å². The zero-order valence-corrected chi connectivity index (χ0v) is 9.05. The van der Waals surface area contributed by atoms with Crippen molar-refractivity contribution in [1.82, 2.24) is 5.32 Å². The van der Waals surface area contributed by atoms with E-state index in [2.05, 4.69) is 19.2 Å². The minimum absolute atomic E-state index is 0.823. The summed E-state index contributed by atoms with van der Waals surface area (Å²) in [5, 5.41) is 3.76. The van der Waals surface area contributed by atoms with Crippen molar-refractivity contribution in [3.8, 4) is 0 Å². The van der Waals surface area contributed by atoms with Gasteiger partial charge in [0.25, 0.3) is 0 Å². The molecule has 0 aliphatic heterocycles. The molecule has 1 heteroatoms. The Hall–Kier alpha value is -0.0400. The number of hydrogen-bond acceptors (Lipinski definition) is 1. The van der Waals surface area contributed by atoms with Gasteiger partial charge in [0.1, 0.15) is 0 Å². The van der Waals surface area contributed by atoms with E-state index in [9.17, 15) is 0 Å². The van der Waals surface area contributed by atoms with E-state index in [-0.39, 0.29) is 0 Å². The van der Waals surface area contributed by atoms with Gasteiger partial charge >= 0.3 is 0 Å². The molecule has 2 aliphatic rings. The molecule has 0 bridgehead atoms. The fourth-order valence-electron chi connectivity index (χ4n) is 2.51. The molecule has 0 saturated heterocycles. The SMILES string of the molecule is C[C@@H]1[C@@H](C)CCC[C@H]1NCC1CC1. The Balaban J connectivity index is 1.75. The number of hydrogen-bond donors (Lipinski definition) is 1. The summed E-state index contributed by atoms with van der Waals surface area (Å²) in [6.07, 6.45) is 7.25. The van der Waals surface area contributed by atoms with Crippen molar-refractivity contribution < 1.29 is 0 Å². The van der Waals surface area contributed by atoms with Gasteiger partial charge in [-0.3, -0.25) is 0 Å². The second-order valence-electron chi connectivity index (χ2n) is 5.23. The van der Waals surface area contributed by atoms with E-state index >= 15 is 0 Å². The smallest absolute Gasteiger partial charge is 0.00953 e. The van der Waals surface area contributed by atoms with Crippen LogP contribution in [-0.4, -0.2) is 12.6 Å². The molecule has 2 rings (SSSR count). The third-order valence-electron chi connectivity index (χ3n) is 4.07. The highest BCUT2D eigenvalue weighted by atomic mass is 14.9. The fourth-order valence-corrected chi connectivity index (χ4v) is 2.51. The Bertz CT molecular complexity index is 163. The summed E-state index contributed by atoms with van der Waals surface area (Å²) in [6.45, 7) is 6.13. The lowest BCUT2D eigenvalue weighted by molar-refractivity contribution is 0.206.